The smallest absolute Gasteiger partial charge is 0.306 e. The van der Waals surface area contributed by atoms with E-state index < -0.39 is 12.2 Å². The van der Waals surface area contributed by atoms with Gasteiger partial charge in [-0.25, -0.2) is 0 Å². The van der Waals surface area contributed by atoms with Gasteiger partial charge in [-0.3, -0.25) is 14.4 Å². The van der Waals surface area contributed by atoms with E-state index in [9.17, 15) is 24.6 Å². The highest BCUT2D eigenvalue weighted by Crippen LogP contribution is 2.34. The van der Waals surface area contributed by atoms with Gasteiger partial charge in [0, 0.05) is 51.3 Å². The third-order valence-electron chi connectivity index (χ3n) is 7.55. The van der Waals surface area contributed by atoms with Crippen molar-refractivity contribution >= 4 is 29.4 Å². The molecule has 0 bridgehead atoms. The lowest BCUT2D eigenvalue weighted by atomic mass is 9.91. The summed E-state index contributed by atoms with van der Waals surface area (Å²) in [4.78, 5) is 38.9. The van der Waals surface area contributed by atoms with Crippen molar-refractivity contribution in [1.82, 2.24) is 4.90 Å². The first-order chi connectivity index (χ1) is 20.3. The zero-order chi connectivity index (χ0) is 30.7. The Kier molecular flexibility index (Phi) is 17.7. The van der Waals surface area contributed by atoms with E-state index in [0.29, 0.717) is 39.0 Å². The zero-order valence-corrected chi connectivity index (χ0v) is 26.5. The molecule has 1 amide bonds. The fourth-order valence-corrected chi connectivity index (χ4v) is 6.14. The second-order valence-electron chi connectivity index (χ2n) is 11.1. The number of nitrogens with zero attached hydrogens (tertiary/aromatic N) is 1. The van der Waals surface area contributed by atoms with Crippen LogP contribution in [0.25, 0.3) is 0 Å². The number of Topliss-reactive ketones (excluding diaryl/α,β-unsaturated/α-hetero) is 1. The molecule has 0 heterocycles. The van der Waals surface area contributed by atoms with E-state index in [1.807, 2.05) is 24.3 Å². The van der Waals surface area contributed by atoms with Crippen molar-refractivity contribution in [2.24, 2.45) is 11.8 Å². The molecule has 1 saturated carbocycles. The Balaban J connectivity index is 1.69. The number of hydrogen-bond acceptors (Lipinski definition) is 8. The molecule has 236 valence electrons. The number of aliphatic hydroxyl groups excluding tert-OH is 2. The second kappa shape index (κ2) is 20.7. The standard InChI is InChI=1S/C33H51NO7S/c1-4-6-16-34(17-7-5-2)32(38)24-41-33(39)12-9-18-42-19-15-29-28(30(36)22-31(29)37)14-13-27(35)21-25-10-8-11-26(20-25)23-40-3/h8,10-11,13-14,20,27-30,35-36H,4-7,9,12,15-19,21-24H2,1-3H3. The summed E-state index contributed by atoms with van der Waals surface area (Å²) in [7, 11) is 1.65. The van der Waals surface area contributed by atoms with Crippen LogP contribution in [-0.2, 0) is 36.9 Å². The van der Waals surface area contributed by atoms with Crippen LogP contribution >= 0.6 is 11.8 Å². The van der Waals surface area contributed by atoms with Gasteiger partial charge in [-0.15, -0.1) is 0 Å². The average Bonchev–Trinajstić information content (AvgIpc) is 3.24. The average molecular weight is 606 g/mol. The van der Waals surface area contributed by atoms with Gasteiger partial charge in [-0.1, -0.05) is 63.1 Å². The fourth-order valence-electron chi connectivity index (χ4n) is 5.17. The van der Waals surface area contributed by atoms with E-state index in [1.165, 1.54) is 0 Å². The predicted octanol–water partition coefficient (Wildman–Crippen LogP) is 4.73. The summed E-state index contributed by atoms with van der Waals surface area (Å²) in [5.74, 6) is 0.454. The Morgan fingerprint density at radius 1 is 1.12 bits per heavy atom. The molecule has 0 spiro atoms. The van der Waals surface area contributed by atoms with Crippen LogP contribution in [0.5, 0.6) is 0 Å². The van der Waals surface area contributed by atoms with E-state index in [1.54, 1.807) is 35.9 Å². The summed E-state index contributed by atoms with van der Waals surface area (Å²) >= 11 is 1.67. The van der Waals surface area contributed by atoms with Crippen LogP contribution in [0.1, 0.15) is 76.3 Å². The molecule has 2 rings (SSSR count). The highest BCUT2D eigenvalue weighted by atomic mass is 32.2. The number of carbonyl (C=O) groups is 3. The number of unbranched alkanes of at least 4 members (excludes halogenated alkanes) is 2. The topological polar surface area (TPSA) is 113 Å². The van der Waals surface area contributed by atoms with Gasteiger partial charge in [0.2, 0.25) is 0 Å². The number of ketones is 1. The maximum absolute atomic E-state index is 12.6. The Morgan fingerprint density at radius 3 is 2.52 bits per heavy atom. The maximum Gasteiger partial charge on any atom is 0.306 e. The van der Waals surface area contributed by atoms with Crippen molar-refractivity contribution in [2.75, 3.05) is 38.3 Å². The van der Waals surface area contributed by atoms with Crippen LogP contribution < -0.4 is 0 Å². The SMILES string of the molecule is CCCCN(CCCC)C(=O)COC(=O)CCCSCCC1C(=O)CC(O)C1C=CC(O)Cc1cccc(COC)c1. The van der Waals surface area contributed by atoms with Gasteiger partial charge >= 0.3 is 5.97 Å². The molecule has 1 fully saturated rings. The molecule has 8 nitrogen and oxygen atoms in total. The fraction of sp³-hybridized carbons (Fsp3) is 0.667. The molecule has 0 aromatic heterocycles. The molecule has 1 aromatic rings. The zero-order valence-electron chi connectivity index (χ0n) is 25.7. The molecule has 0 radical (unpaired) electrons. The van der Waals surface area contributed by atoms with Crippen LogP contribution in [-0.4, -0.2) is 83.3 Å². The first-order valence-electron chi connectivity index (χ1n) is 15.4. The van der Waals surface area contributed by atoms with Crippen molar-refractivity contribution < 1.29 is 34.1 Å². The number of aliphatic hydroxyl groups is 2. The lowest BCUT2D eigenvalue weighted by Gasteiger charge is -2.22. The van der Waals surface area contributed by atoms with Crippen molar-refractivity contribution in [3.63, 3.8) is 0 Å². The van der Waals surface area contributed by atoms with Gasteiger partial charge in [-0.2, -0.15) is 11.8 Å². The lowest BCUT2D eigenvalue weighted by molar-refractivity contribution is -0.152. The normalized spacial score (nSPS) is 19.4. The predicted molar refractivity (Wildman–Crippen MR) is 167 cm³/mol. The molecular formula is C33H51NO7S. The molecular weight excluding hydrogens is 554 g/mol. The number of esters is 1. The van der Waals surface area contributed by atoms with E-state index in [2.05, 4.69) is 13.8 Å². The summed E-state index contributed by atoms with van der Waals surface area (Å²) in [6.07, 6.45) is 8.04. The summed E-state index contributed by atoms with van der Waals surface area (Å²) in [6, 6.07) is 7.88. The van der Waals surface area contributed by atoms with Crippen LogP contribution in [0.2, 0.25) is 0 Å². The third kappa shape index (κ3) is 13.4. The Bertz CT molecular complexity index is 977. The van der Waals surface area contributed by atoms with Gasteiger partial charge in [0.05, 0.1) is 18.8 Å². The number of thioether (sulfide) groups is 1. The first kappa shape index (κ1) is 36.0. The van der Waals surface area contributed by atoms with E-state index in [0.717, 1.165) is 48.3 Å². The molecule has 1 aliphatic rings. The van der Waals surface area contributed by atoms with E-state index in [-0.39, 0.29) is 48.9 Å². The third-order valence-corrected chi connectivity index (χ3v) is 8.65. The molecule has 2 N–H and O–H groups in total. The lowest BCUT2D eigenvalue weighted by Crippen LogP contribution is -2.36. The van der Waals surface area contributed by atoms with Gasteiger partial charge in [0.1, 0.15) is 5.78 Å². The van der Waals surface area contributed by atoms with E-state index in [4.69, 9.17) is 9.47 Å². The van der Waals surface area contributed by atoms with Crippen LogP contribution in [0.3, 0.4) is 0 Å². The number of methoxy groups -OCH3 is 1. The number of hydrogen-bond donors (Lipinski definition) is 2. The number of ether oxygens (including phenoxy) is 2. The molecule has 0 saturated heterocycles. The number of rotatable bonds is 21. The molecule has 1 aliphatic carbocycles. The Labute approximate surface area is 256 Å². The largest absolute Gasteiger partial charge is 0.456 e. The van der Waals surface area contributed by atoms with Crippen LogP contribution in [0.15, 0.2) is 36.4 Å². The van der Waals surface area contributed by atoms with Crippen molar-refractivity contribution in [3.8, 4) is 0 Å². The minimum absolute atomic E-state index is 0.0552. The number of carbonyl (C=O) groups excluding carboxylic acids is 3. The van der Waals surface area contributed by atoms with Gasteiger partial charge in [0.25, 0.3) is 5.91 Å². The van der Waals surface area contributed by atoms with Crippen molar-refractivity contribution in [1.29, 1.82) is 0 Å². The van der Waals surface area contributed by atoms with Crippen molar-refractivity contribution in [2.45, 2.75) is 90.4 Å². The van der Waals surface area contributed by atoms with Gasteiger partial charge in [-0.05, 0) is 48.3 Å². The molecule has 1 aromatic carbocycles. The summed E-state index contributed by atoms with van der Waals surface area (Å²) in [6.45, 7) is 5.89. The van der Waals surface area contributed by atoms with Crippen LogP contribution in [0.4, 0.5) is 0 Å². The minimum Gasteiger partial charge on any atom is -0.456 e. The summed E-state index contributed by atoms with van der Waals surface area (Å²) in [5, 5.41) is 21.0. The Morgan fingerprint density at radius 2 is 1.83 bits per heavy atom. The van der Waals surface area contributed by atoms with Crippen LogP contribution in [0, 0.1) is 11.8 Å². The minimum atomic E-state index is -0.738. The first-order valence-corrected chi connectivity index (χ1v) is 16.6. The Hall–Kier alpha value is -2.20. The number of benzene rings is 1. The van der Waals surface area contributed by atoms with Crippen molar-refractivity contribution in [3.05, 3.63) is 47.5 Å². The molecule has 42 heavy (non-hydrogen) atoms. The molecule has 0 aliphatic heterocycles. The monoisotopic (exact) mass is 605 g/mol. The molecule has 4 atom stereocenters. The quantitative estimate of drug-likeness (QED) is 0.117. The van der Waals surface area contributed by atoms with Gasteiger partial charge in [0.15, 0.2) is 6.61 Å². The van der Waals surface area contributed by atoms with E-state index >= 15 is 0 Å². The van der Waals surface area contributed by atoms with Gasteiger partial charge < -0.3 is 24.6 Å². The second-order valence-corrected chi connectivity index (χ2v) is 12.3. The summed E-state index contributed by atoms with van der Waals surface area (Å²) in [5.41, 5.74) is 2.04. The highest BCUT2D eigenvalue weighted by Gasteiger charge is 2.39. The highest BCUT2D eigenvalue weighted by molar-refractivity contribution is 7.99. The maximum atomic E-state index is 12.6. The molecule has 4 unspecified atom stereocenters. The molecule has 9 heteroatoms. The summed E-state index contributed by atoms with van der Waals surface area (Å²) < 4.78 is 10.4. The number of amides is 1.